The Bertz CT molecular complexity index is 1260. The van der Waals surface area contributed by atoms with E-state index >= 15 is 0 Å². The number of likely N-dealkylation sites (tertiary alicyclic amines) is 1. The third kappa shape index (κ3) is 5.14. The van der Waals surface area contributed by atoms with Crippen LogP contribution in [0.1, 0.15) is 66.1 Å². The smallest absolute Gasteiger partial charge is 0.345 e. The Balaban J connectivity index is 1.60. The van der Waals surface area contributed by atoms with Crippen molar-refractivity contribution in [3.8, 4) is 17.0 Å². The third-order valence-electron chi connectivity index (χ3n) is 8.20. The van der Waals surface area contributed by atoms with E-state index in [0.717, 1.165) is 66.0 Å². The SMILES string of the molecule is COc1ccc(-c2c(C3CCCCC3)c3sc(C(=O)O)cc3n2CC(=O)N2CCC(N(C)C)CC2)cc1. The average Bonchev–Trinajstić information content (AvgIpc) is 3.47. The fraction of sp³-hybridized carbons (Fsp3) is 0.517. The summed E-state index contributed by atoms with van der Waals surface area (Å²) in [4.78, 5) is 30.2. The lowest BCUT2D eigenvalue weighted by Gasteiger charge is -2.35. The number of aromatic nitrogens is 1. The number of hydrogen-bond acceptors (Lipinski definition) is 5. The summed E-state index contributed by atoms with van der Waals surface area (Å²) in [6.45, 7) is 1.72. The van der Waals surface area contributed by atoms with Gasteiger partial charge in [0.1, 0.15) is 17.2 Å². The largest absolute Gasteiger partial charge is 0.497 e. The number of carboxylic acid groups (broad SMARTS) is 1. The topological polar surface area (TPSA) is 75.0 Å². The predicted molar refractivity (Wildman–Crippen MR) is 148 cm³/mol. The highest BCUT2D eigenvalue weighted by atomic mass is 32.1. The molecule has 1 amide bonds. The molecule has 2 aromatic heterocycles. The number of nitrogens with zero attached hydrogens (tertiary/aromatic N) is 3. The van der Waals surface area contributed by atoms with Crippen molar-refractivity contribution in [3.63, 3.8) is 0 Å². The fourth-order valence-electron chi connectivity index (χ4n) is 6.12. The first-order valence-electron chi connectivity index (χ1n) is 13.3. The van der Waals surface area contributed by atoms with Crippen LogP contribution in [0.15, 0.2) is 30.3 Å². The van der Waals surface area contributed by atoms with Gasteiger partial charge in [0, 0.05) is 19.1 Å². The second-order valence-electron chi connectivity index (χ2n) is 10.6. The standard InChI is InChI=1S/C29H37N3O4S/c1-30(2)21-13-15-31(16-14-21)25(33)18-32-23-17-24(29(34)35)37-28(23)26(19-7-5-4-6-8-19)27(32)20-9-11-22(36-3)12-10-20/h9-12,17,19,21H,4-8,13-16,18H2,1-3H3,(H,34,35). The highest BCUT2D eigenvalue weighted by molar-refractivity contribution is 7.21. The summed E-state index contributed by atoms with van der Waals surface area (Å²) in [7, 11) is 5.86. The number of fused-ring (bicyclic) bond motifs is 1. The minimum absolute atomic E-state index is 0.0992. The first kappa shape index (κ1) is 25.8. The van der Waals surface area contributed by atoms with Gasteiger partial charge in [-0.2, -0.15) is 0 Å². The molecule has 1 saturated heterocycles. The van der Waals surface area contributed by atoms with Crippen LogP contribution in [0.25, 0.3) is 21.5 Å². The molecular weight excluding hydrogens is 486 g/mol. The number of rotatable bonds is 7. The monoisotopic (exact) mass is 523 g/mol. The van der Waals surface area contributed by atoms with Crippen LogP contribution >= 0.6 is 11.3 Å². The van der Waals surface area contributed by atoms with Crippen LogP contribution in [-0.4, -0.2) is 71.7 Å². The summed E-state index contributed by atoms with van der Waals surface area (Å²) < 4.78 is 8.53. The number of carbonyl (C=O) groups is 2. The lowest BCUT2D eigenvalue weighted by atomic mass is 9.83. The molecular formula is C29H37N3O4S. The van der Waals surface area contributed by atoms with Gasteiger partial charge in [0.15, 0.2) is 0 Å². The molecule has 1 aromatic carbocycles. The molecule has 8 heteroatoms. The van der Waals surface area contributed by atoms with Crippen molar-refractivity contribution in [2.75, 3.05) is 34.3 Å². The third-order valence-corrected chi connectivity index (χ3v) is 9.35. The van der Waals surface area contributed by atoms with E-state index in [1.54, 1.807) is 13.2 Å². The van der Waals surface area contributed by atoms with E-state index in [1.165, 1.54) is 36.2 Å². The van der Waals surface area contributed by atoms with Gasteiger partial charge in [-0.05, 0) is 87.2 Å². The van der Waals surface area contributed by atoms with Crippen LogP contribution in [0.2, 0.25) is 0 Å². The fourth-order valence-corrected chi connectivity index (χ4v) is 7.24. The second-order valence-corrected chi connectivity index (χ2v) is 11.7. The molecule has 2 aliphatic rings. The Kier molecular flexibility index (Phi) is 7.58. The molecule has 7 nitrogen and oxygen atoms in total. The minimum atomic E-state index is -0.912. The number of benzene rings is 1. The number of methoxy groups -OCH3 is 1. The molecule has 2 fully saturated rings. The van der Waals surface area contributed by atoms with E-state index in [-0.39, 0.29) is 12.5 Å². The van der Waals surface area contributed by atoms with E-state index in [9.17, 15) is 14.7 Å². The van der Waals surface area contributed by atoms with Gasteiger partial charge < -0.3 is 24.2 Å². The van der Waals surface area contributed by atoms with Crippen molar-refractivity contribution in [2.24, 2.45) is 0 Å². The Hall–Kier alpha value is -2.84. The lowest BCUT2D eigenvalue weighted by molar-refractivity contribution is -0.133. The molecule has 0 spiro atoms. The maximum atomic E-state index is 13.7. The Morgan fingerprint density at radius 3 is 2.32 bits per heavy atom. The first-order valence-corrected chi connectivity index (χ1v) is 14.2. The van der Waals surface area contributed by atoms with Crippen LogP contribution < -0.4 is 4.74 Å². The summed E-state index contributed by atoms with van der Waals surface area (Å²) in [5, 5.41) is 9.80. The van der Waals surface area contributed by atoms with E-state index in [4.69, 9.17) is 4.74 Å². The number of amides is 1. The molecule has 3 aromatic rings. The maximum Gasteiger partial charge on any atom is 0.345 e. The van der Waals surface area contributed by atoms with E-state index in [1.807, 2.05) is 17.0 Å². The summed E-state index contributed by atoms with van der Waals surface area (Å²) in [5.74, 6) is 0.337. The summed E-state index contributed by atoms with van der Waals surface area (Å²) in [6, 6.07) is 10.3. The molecule has 0 radical (unpaired) electrons. The van der Waals surface area contributed by atoms with Crippen LogP contribution in [0.3, 0.4) is 0 Å². The van der Waals surface area contributed by atoms with E-state index < -0.39 is 5.97 Å². The quantitative estimate of drug-likeness (QED) is 0.431. The summed E-state index contributed by atoms with van der Waals surface area (Å²) in [5.41, 5.74) is 4.19. The summed E-state index contributed by atoms with van der Waals surface area (Å²) >= 11 is 1.35. The number of thiophene rings is 1. The molecule has 37 heavy (non-hydrogen) atoms. The van der Waals surface area contributed by atoms with Gasteiger partial charge in [0.2, 0.25) is 5.91 Å². The average molecular weight is 524 g/mol. The molecule has 198 valence electrons. The van der Waals surface area contributed by atoms with Crippen molar-refractivity contribution >= 4 is 33.4 Å². The number of aromatic carboxylic acids is 1. The van der Waals surface area contributed by atoms with Crippen LogP contribution in [0.5, 0.6) is 5.75 Å². The molecule has 0 unspecified atom stereocenters. The Labute approximate surface area is 222 Å². The van der Waals surface area contributed by atoms with Crippen molar-refractivity contribution in [1.82, 2.24) is 14.4 Å². The van der Waals surface area contributed by atoms with Gasteiger partial charge in [-0.3, -0.25) is 4.79 Å². The number of piperidine rings is 1. The first-order chi connectivity index (χ1) is 17.9. The van der Waals surface area contributed by atoms with Crippen LogP contribution in [0.4, 0.5) is 0 Å². The number of hydrogen-bond donors (Lipinski definition) is 1. The molecule has 3 heterocycles. The molecule has 1 saturated carbocycles. The highest BCUT2D eigenvalue weighted by Crippen LogP contribution is 2.47. The van der Waals surface area contributed by atoms with Crippen molar-refractivity contribution in [2.45, 2.75) is 63.5 Å². The molecule has 1 N–H and O–H groups in total. The number of ether oxygens (including phenoxy) is 1. The van der Waals surface area contributed by atoms with Gasteiger partial charge in [0.25, 0.3) is 0 Å². The Morgan fingerprint density at radius 2 is 1.73 bits per heavy atom. The Morgan fingerprint density at radius 1 is 1.05 bits per heavy atom. The van der Waals surface area contributed by atoms with Crippen LogP contribution in [0, 0.1) is 0 Å². The van der Waals surface area contributed by atoms with E-state index in [2.05, 4.69) is 35.7 Å². The number of carbonyl (C=O) groups excluding carboxylic acids is 1. The molecule has 5 rings (SSSR count). The lowest BCUT2D eigenvalue weighted by Crippen LogP contribution is -2.45. The highest BCUT2D eigenvalue weighted by Gasteiger charge is 2.31. The van der Waals surface area contributed by atoms with Gasteiger partial charge in [0.05, 0.1) is 23.0 Å². The minimum Gasteiger partial charge on any atom is -0.497 e. The van der Waals surface area contributed by atoms with Gasteiger partial charge in [-0.1, -0.05) is 19.3 Å². The predicted octanol–water partition coefficient (Wildman–Crippen LogP) is 5.68. The zero-order chi connectivity index (χ0) is 26.1. The van der Waals surface area contributed by atoms with Crippen molar-refractivity contribution in [1.29, 1.82) is 0 Å². The molecule has 1 aliphatic heterocycles. The summed E-state index contributed by atoms with van der Waals surface area (Å²) in [6.07, 6.45) is 7.72. The zero-order valence-corrected chi connectivity index (χ0v) is 22.9. The molecule has 0 bridgehead atoms. The molecule has 1 aliphatic carbocycles. The van der Waals surface area contributed by atoms with Crippen molar-refractivity contribution in [3.05, 3.63) is 40.8 Å². The van der Waals surface area contributed by atoms with E-state index in [0.29, 0.717) is 16.8 Å². The number of carboxylic acids is 1. The molecule has 0 atom stereocenters. The second kappa shape index (κ2) is 10.9. The van der Waals surface area contributed by atoms with Crippen molar-refractivity contribution < 1.29 is 19.4 Å². The van der Waals surface area contributed by atoms with Gasteiger partial charge in [-0.25, -0.2) is 4.79 Å². The zero-order valence-electron chi connectivity index (χ0n) is 22.0. The normalized spacial score (nSPS) is 17.6. The van der Waals surface area contributed by atoms with Gasteiger partial charge in [-0.15, -0.1) is 11.3 Å². The van der Waals surface area contributed by atoms with Crippen LogP contribution in [-0.2, 0) is 11.3 Å². The van der Waals surface area contributed by atoms with Gasteiger partial charge >= 0.3 is 5.97 Å². The maximum absolute atomic E-state index is 13.7.